The number of hydrogen-bond acceptors (Lipinski definition) is 3. The van der Waals surface area contributed by atoms with Gasteiger partial charge in [-0.25, -0.2) is 9.79 Å². The zero-order chi connectivity index (χ0) is 11.3. The Morgan fingerprint density at radius 2 is 1.93 bits per heavy atom. The Bertz CT molecular complexity index is 362. The van der Waals surface area contributed by atoms with E-state index in [0.29, 0.717) is 6.54 Å². The fraction of sp³-hybridized carbons (Fsp3) is 0.417. The van der Waals surface area contributed by atoms with Crippen molar-refractivity contribution in [1.82, 2.24) is 0 Å². The average molecular weight is 205 g/mol. The number of isocyanates is 1. The second-order valence-electron chi connectivity index (χ2n) is 4.02. The Balaban J connectivity index is 2.89. The minimum absolute atomic E-state index is 0.149. The van der Waals surface area contributed by atoms with Crippen LogP contribution in [0.4, 0.5) is 0 Å². The number of carbonyl (C=O) groups excluding carboxylic acids is 1. The van der Waals surface area contributed by atoms with Crippen LogP contribution in [0.3, 0.4) is 0 Å². The van der Waals surface area contributed by atoms with E-state index in [-0.39, 0.29) is 5.41 Å². The van der Waals surface area contributed by atoms with Gasteiger partial charge in [0.15, 0.2) is 0 Å². The van der Waals surface area contributed by atoms with Gasteiger partial charge < -0.3 is 4.74 Å². The van der Waals surface area contributed by atoms with Crippen LogP contribution < -0.4 is 4.74 Å². The molecule has 0 aromatic heterocycles. The summed E-state index contributed by atoms with van der Waals surface area (Å²) in [7, 11) is 1.64. The molecular formula is C12H15NO2. The van der Waals surface area contributed by atoms with Gasteiger partial charge in [-0.1, -0.05) is 26.0 Å². The lowest BCUT2D eigenvalue weighted by Gasteiger charge is -2.22. The number of methoxy groups -OCH3 is 1. The minimum atomic E-state index is -0.149. The highest BCUT2D eigenvalue weighted by molar-refractivity contribution is 5.35. The monoisotopic (exact) mass is 205 g/mol. The summed E-state index contributed by atoms with van der Waals surface area (Å²) in [5, 5.41) is 0. The Morgan fingerprint density at radius 1 is 1.33 bits per heavy atom. The first-order chi connectivity index (χ1) is 7.10. The van der Waals surface area contributed by atoms with Crippen LogP contribution in [0.1, 0.15) is 19.4 Å². The number of nitrogens with zero attached hydrogens (tertiary/aromatic N) is 1. The van der Waals surface area contributed by atoms with Crippen molar-refractivity contribution in [3.63, 3.8) is 0 Å². The summed E-state index contributed by atoms with van der Waals surface area (Å²) in [6.07, 6.45) is 1.57. The molecule has 0 amide bonds. The van der Waals surface area contributed by atoms with Crippen LogP contribution in [0, 0.1) is 0 Å². The summed E-state index contributed by atoms with van der Waals surface area (Å²) >= 11 is 0. The van der Waals surface area contributed by atoms with Crippen LogP contribution in [0.25, 0.3) is 0 Å². The Hall–Kier alpha value is -1.60. The lowest BCUT2D eigenvalue weighted by atomic mass is 9.85. The van der Waals surface area contributed by atoms with E-state index in [1.165, 1.54) is 0 Å². The molecule has 1 rings (SSSR count). The number of hydrogen-bond donors (Lipinski definition) is 0. The normalized spacial score (nSPS) is 10.6. The molecular weight excluding hydrogens is 190 g/mol. The summed E-state index contributed by atoms with van der Waals surface area (Å²) in [5.41, 5.74) is 0.978. The molecule has 0 heterocycles. The fourth-order valence-electron chi connectivity index (χ4n) is 1.36. The predicted octanol–water partition coefficient (Wildman–Crippen LogP) is 2.31. The first-order valence-electron chi connectivity index (χ1n) is 4.78. The number of benzene rings is 1. The topological polar surface area (TPSA) is 38.7 Å². The molecule has 0 atom stereocenters. The molecule has 3 nitrogen and oxygen atoms in total. The number of ether oxygens (including phenoxy) is 1. The molecule has 15 heavy (non-hydrogen) atoms. The first kappa shape index (κ1) is 11.5. The largest absolute Gasteiger partial charge is 0.497 e. The summed E-state index contributed by atoms with van der Waals surface area (Å²) in [6.45, 7) is 4.52. The quantitative estimate of drug-likeness (QED) is 0.559. The first-order valence-corrected chi connectivity index (χ1v) is 4.78. The molecule has 0 aliphatic carbocycles. The number of aliphatic imine (C=N–C) groups is 1. The van der Waals surface area contributed by atoms with Gasteiger partial charge in [0.05, 0.1) is 13.7 Å². The second-order valence-corrected chi connectivity index (χ2v) is 4.02. The molecule has 1 aromatic rings. The van der Waals surface area contributed by atoms with Gasteiger partial charge >= 0.3 is 0 Å². The van der Waals surface area contributed by atoms with Gasteiger partial charge in [-0.15, -0.1) is 0 Å². The van der Waals surface area contributed by atoms with Crippen LogP contribution in [-0.2, 0) is 10.2 Å². The smallest absolute Gasteiger partial charge is 0.234 e. The summed E-state index contributed by atoms with van der Waals surface area (Å²) in [6, 6.07) is 7.78. The number of rotatable bonds is 4. The van der Waals surface area contributed by atoms with Crippen LogP contribution in [0.2, 0.25) is 0 Å². The molecule has 0 fully saturated rings. The third-order valence-electron chi connectivity index (χ3n) is 2.41. The summed E-state index contributed by atoms with van der Waals surface area (Å²) in [4.78, 5) is 13.7. The Labute approximate surface area is 89.8 Å². The highest BCUT2D eigenvalue weighted by Gasteiger charge is 2.19. The zero-order valence-corrected chi connectivity index (χ0v) is 9.28. The van der Waals surface area contributed by atoms with Gasteiger partial charge in [-0.3, -0.25) is 0 Å². The SMILES string of the molecule is COc1ccc(C(C)(C)CN=C=O)cc1. The molecule has 3 heteroatoms. The lowest BCUT2D eigenvalue weighted by Crippen LogP contribution is -2.20. The van der Waals surface area contributed by atoms with Gasteiger partial charge in [0.1, 0.15) is 5.75 Å². The van der Waals surface area contributed by atoms with Crippen molar-refractivity contribution in [3.05, 3.63) is 29.8 Å². The molecule has 0 aliphatic rings. The maximum absolute atomic E-state index is 10.1. The van der Waals surface area contributed by atoms with E-state index in [4.69, 9.17) is 4.74 Å². The van der Waals surface area contributed by atoms with E-state index in [2.05, 4.69) is 4.99 Å². The molecule has 0 saturated heterocycles. The lowest BCUT2D eigenvalue weighted by molar-refractivity contribution is 0.414. The van der Waals surface area contributed by atoms with Crippen LogP contribution >= 0.6 is 0 Å². The zero-order valence-electron chi connectivity index (χ0n) is 9.28. The van der Waals surface area contributed by atoms with E-state index < -0.39 is 0 Å². The maximum Gasteiger partial charge on any atom is 0.234 e. The van der Waals surface area contributed by atoms with Crippen molar-refractivity contribution in [2.24, 2.45) is 4.99 Å². The molecule has 0 spiro atoms. The van der Waals surface area contributed by atoms with Gasteiger partial charge in [0, 0.05) is 5.41 Å². The Kier molecular flexibility index (Phi) is 3.64. The molecule has 0 N–H and O–H groups in total. The van der Waals surface area contributed by atoms with Crippen molar-refractivity contribution in [2.75, 3.05) is 13.7 Å². The molecule has 0 radical (unpaired) electrons. The molecule has 0 unspecified atom stereocenters. The van der Waals surface area contributed by atoms with E-state index >= 15 is 0 Å². The standard InChI is InChI=1S/C12H15NO2/c1-12(2,8-13-9-14)10-4-6-11(15-3)7-5-10/h4-7H,8H2,1-3H3. The van der Waals surface area contributed by atoms with Gasteiger partial charge in [-0.05, 0) is 17.7 Å². The summed E-state index contributed by atoms with van der Waals surface area (Å²) in [5.74, 6) is 0.827. The predicted molar refractivity (Wildman–Crippen MR) is 59.0 cm³/mol. The average Bonchev–Trinajstić information content (AvgIpc) is 2.26. The Morgan fingerprint density at radius 3 is 2.40 bits per heavy atom. The molecule has 0 aliphatic heterocycles. The molecule has 0 saturated carbocycles. The van der Waals surface area contributed by atoms with Crippen molar-refractivity contribution in [2.45, 2.75) is 19.3 Å². The fourth-order valence-corrected chi connectivity index (χ4v) is 1.36. The highest BCUT2D eigenvalue weighted by atomic mass is 16.5. The van der Waals surface area contributed by atoms with Crippen molar-refractivity contribution in [3.8, 4) is 5.75 Å². The van der Waals surface area contributed by atoms with Crippen molar-refractivity contribution >= 4 is 6.08 Å². The third-order valence-corrected chi connectivity index (χ3v) is 2.41. The second kappa shape index (κ2) is 4.76. The minimum Gasteiger partial charge on any atom is -0.497 e. The van der Waals surface area contributed by atoms with E-state index in [0.717, 1.165) is 11.3 Å². The summed E-state index contributed by atoms with van der Waals surface area (Å²) < 4.78 is 5.08. The van der Waals surface area contributed by atoms with Crippen molar-refractivity contribution < 1.29 is 9.53 Å². The maximum atomic E-state index is 10.1. The van der Waals surface area contributed by atoms with Gasteiger partial charge in [0.2, 0.25) is 6.08 Å². The van der Waals surface area contributed by atoms with Crippen LogP contribution in [-0.4, -0.2) is 19.7 Å². The molecule has 80 valence electrons. The highest BCUT2D eigenvalue weighted by Crippen LogP contribution is 2.25. The van der Waals surface area contributed by atoms with Gasteiger partial charge in [0.25, 0.3) is 0 Å². The van der Waals surface area contributed by atoms with E-state index in [1.54, 1.807) is 13.2 Å². The van der Waals surface area contributed by atoms with E-state index in [1.807, 2.05) is 38.1 Å². The molecule has 1 aromatic carbocycles. The van der Waals surface area contributed by atoms with Gasteiger partial charge in [-0.2, -0.15) is 0 Å². The third kappa shape index (κ3) is 2.93. The molecule has 0 bridgehead atoms. The van der Waals surface area contributed by atoms with E-state index in [9.17, 15) is 4.79 Å². The van der Waals surface area contributed by atoms with Crippen LogP contribution in [0.15, 0.2) is 29.3 Å². The van der Waals surface area contributed by atoms with Crippen LogP contribution in [0.5, 0.6) is 5.75 Å². The van der Waals surface area contributed by atoms with Crippen molar-refractivity contribution in [1.29, 1.82) is 0 Å².